The van der Waals surface area contributed by atoms with E-state index >= 15 is 0 Å². The van der Waals surface area contributed by atoms with E-state index in [0.717, 1.165) is 12.8 Å². The van der Waals surface area contributed by atoms with Gasteiger partial charge in [0.1, 0.15) is 6.61 Å². The molecule has 2 amide bonds. The molecule has 0 aliphatic carbocycles. The van der Waals surface area contributed by atoms with Gasteiger partial charge in [-0.2, -0.15) is 4.98 Å². The Labute approximate surface area is 130 Å². The molecule has 0 radical (unpaired) electrons. The van der Waals surface area contributed by atoms with Crippen LogP contribution in [0.15, 0.2) is 4.52 Å². The smallest absolute Gasteiger partial charge is 0.317 e. The molecule has 0 spiro atoms. The van der Waals surface area contributed by atoms with Crippen molar-refractivity contribution in [1.29, 1.82) is 0 Å². The minimum Gasteiger partial charge on any atom is -0.382 e. The summed E-state index contributed by atoms with van der Waals surface area (Å²) in [5.74, 6) is 1.24. The molecule has 1 unspecified atom stereocenters. The maximum Gasteiger partial charge on any atom is 0.317 e. The van der Waals surface area contributed by atoms with Crippen LogP contribution in [0.4, 0.5) is 4.79 Å². The monoisotopic (exact) mass is 312 g/mol. The fraction of sp³-hybridized carbons (Fsp3) is 0.786. The second-order valence-electron chi connectivity index (χ2n) is 5.26. The summed E-state index contributed by atoms with van der Waals surface area (Å²) in [6.07, 6.45) is 1.78. The molecule has 1 aromatic heterocycles. The van der Waals surface area contributed by atoms with Crippen LogP contribution in [0.1, 0.15) is 37.4 Å². The molecule has 1 fully saturated rings. The lowest BCUT2D eigenvalue weighted by Gasteiger charge is -2.16. The van der Waals surface area contributed by atoms with Gasteiger partial charge >= 0.3 is 6.03 Å². The van der Waals surface area contributed by atoms with Crippen LogP contribution in [0.2, 0.25) is 0 Å². The minimum absolute atomic E-state index is 0.0176. The Hall–Kier alpha value is -1.67. The molecule has 1 atom stereocenters. The first-order valence-corrected chi connectivity index (χ1v) is 7.66. The number of nitrogens with one attached hydrogen (secondary N) is 1. The molecule has 124 valence electrons. The fourth-order valence-electron chi connectivity index (χ4n) is 2.29. The van der Waals surface area contributed by atoms with Crippen LogP contribution in [-0.4, -0.2) is 61.0 Å². The highest BCUT2D eigenvalue weighted by Crippen LogP contribution is 2.25. The Kier molecular flexibility index (Phi) is 6.60. The van der Waals surface area contributed by atoms with Crippen LogP contribution in [-0.2, 0) is 16.1 Å². The second kappa shape index (κ2) is 8.70. The van der Waals surface area contributed by atoms with E-state index in [2.05, 4.69) is 15.5 Å². The van der Waals surface area contributed by atoms with Crippen LogP contribution in [0.3, 0.4) is 0 Å². The number of rotatable bonds is 8. The van der Waals surface area contributed by atoms with Gasteiger partial charge < -0.3 is 24.2 Å². The number of urea groups is 1. The van der Waals surface area contributed by atoms with Gasteiger partial charge in [-0.25, -0.2) is 4.79 Å². The highest BCUT2D eigenvalue weighted by molar-refractivity contribution is 5.74. The molecule has 0 saturated carbocycles. The van der Waals surface area contributed by atoms with Gasteiger partial charge in [0.05, 0.1) is 13.2 Å². The van der Waals surface area contributed by atoms with E-state index in [9.17, 15) is 4.79 Å². The Morgan fingerprint density at radius 3 is 3.14 bits per heavy atom. The van der Waals surface area contributed by atoms with Gasteiger partial charge in [-0.3, -0.25) is 0 Å². The van der Waals surface area contributed by atoms with E-state index in [1.807, 2.05) is 6.92 Å². The number of ether oxygens (including phenoxy) is 2. The lowest BCUT2D eigenvalue weighted by atomic mass is 10.1. The third-order valence-electron chi connectivity index (χ3n) is 3.51. The fourth-order valence-corrected chi connectivity index (χ4v) is 2.29. The molecule has 0 aromatic carbocycles. The summed E-state index contributed by atoms with van der Waals surface area (Å²) >= 11 is 0. The molecule has 2 heterocycles. The van der Waals surface area contributed by atoms with Crippen molar-refractivity contribution in [1.82, 2.24) is 20.4 Å². The van der Waals surface area contributed by atoms with Crippen molar-refractivity contribution >= 4 is 6.03 Å². The number of hydrogen-bond donors (Lipinski definition) is 1. The van der Waals surface area contributed by atoms with Crippen LogP contribution >= 0.6 is 0 Å². The van der Waals surface area contributed by atoms with Gasteiger partial charge in [-0.15, -0.1) is 0 Å². The van der Waals surface area contributed by atoms with E-state index < -0.39 is 0 Å². The van der Waals surface area contributed by atoms with Crippen LogP contribution in [0.5, 0.6) is 0 Å². The van der Waals surface area contributed by atoms with Gasteiger partial charge in [0.15, 0.2) is 5.82 Å². The highest BCUT2D eigenvalue weighted by atomic mass is 16.5. The summed E-state index contributed by atoms with van der Waals surface area (Å²) in [5.41, 5.74) is 0. The summed E-state index contributed by atoms with van der Waals surface area (Å²) in [6.45, 7) is 5.37. The predicted molar refractivity (Wildman–Crippen MR) is 78.5 cm³/mol. The van der Waals surface area contributed by atoms with Gasteiger partial charge in [0, 0.05) is 32.7 Å². The van der Waals surface area contributed by atoms with E-state index in [4.69, 9.17) is 14.0 Å². The largest absolute Gasteiger partial charge is 0.382 e. The number of amides is 2. The molecular formula is C14H24N4O4. The van der Waals surface area contributed by atoms with E-state index in [1.54, 1.807) is 12.0 Å². The van der Waals surface area contributed by atoms with Crippen molar-refractivity contribution in [2.24, 2.45) is 0 Å². The quantitative estimate of drug-likeness (QED) is 0.724. The van der Waals surface area contributed by atoms with Gasteiger partial charge in [-0.1, -0.05) is 12.1 Å². The third kappa shape index (κ3) is 4.67. The number of carbonyl (C=O) groups is 1. The van der Waals surface area contributed by atoms with Crippen molar-refractivity contribution < 1.29 is 18.8 Å². The molecule has 1 aromatic rings. The summed E-state index contributed by atoms with van der Waals surface area (Å²) in [6, 6.07) is -0.0176. The molecule has 1 aliphatic rings. The topological polar surface area (TPSA) is 89.7 Å². The molecule has 0 bridgehead atoms. The van der Waals surface area contributed by atoms with Crippen molar-refractivity contribution in [2.45, 2.75) is 32.3 Å². The standard InChI is InChI=1S/C14H24N4O4/c1-3-5-15-14(19)18-6-4-11(9-18)13-16-12(22-17-13)10-21-8-7-20-2/h11H,3-10H2,1-2H3,(H,15,19). The van der Waals surface area contributed by atoms with Crippen LogP contribution < -0.4 is 5.32 Å². The van der Waals surface area contributed by atoms with Gasteiger partial charge in [0.25, 0.3) is 5.89 Å². The highest BCUT2D eigenvalue weighted by Gasteiger charge is 2.30. The Balaban J connectivity index is 1.78. The molecule has 2 rings (SSSR count). The third-order valence-corrected chi connectivity index (χ3v) is 3.51. The molecule has 1 N–H and O–H groups in total. The Morgan fingerprint density at radius 2 is 2.36 bits per heavy atom. The molecule has 22 heavy (non-hydrogen) atoms. The number of likely N-dealkylation sites (tertiary alicyclic amines) is 1. The Bertz CT molecular complexity index is 465. The van der Waals surface area contributed by atoms with E-state index in [0.29, 0.717) is 44.6 Å². The number of aromatic nitrogens is 2. The molecular weight excluding hydrogens is 288 g/mol. The van der Waals surface area contributed by atoms with Crippen molar-refractivity contribution in [3.05, 3.63) is 11.7 Å². The number of nitrogens with zero attached hydrogens (tertiary/aromatic N) is 3. The molecule has 1 saturated heterocycles. The van der Waals surface area contributed by atoms with Crippen molar-refractivity contribution in [3.8, 4) is 0 Å². The SMILES string of the molecule is CCCNC(=O)N1CCC(c2noc(COCCOC)n2)C1. The van der Waals surface area contributed by atoms with Gasteiger partial charge in [0.2, 0.25) is 0 Å². The summed E-state index contributed by atoms with van der Waals surface area (Å²) in [4.78, 5) is 18.0. The second-order valence-corrected chi connectivity index (χ2v) is 5.26. The zero-order valence-corrected chi connectivity index (χ0v) is 13.2. The maximum absolute atomic E-state index is 11.9. The van der Waals surface area contributed by atoms with E-state index in [1.165, 1.54) is 0 Å². The Morgan fingerprint density at radius 1 is 1.50 bits per heavy atom. The number of methoxy groups -OCH3 is 1. The average Bonchev–Trinajstić information content (AvgIpc) is 3.18. The zero-order chi connectivity index (χ0) is 15.8. The van der Waals surface area contributed by atoms with Crippen LogP contribution in [0.25, 0.3) is 0 Å². The first kappa shape index (κ1) is 16.7. The molecule has 8 nitrogen and oxygen atoms in total. The first-order chi connectivity index (χ1) is 10.7. The summed E-state index contributed by atoms with van der Waals surface area (Å²) in [7, 11) is 1.62. The number of hydrogen-bond acceptors (Lipinski definition) is 6. The lowest BCUT2D eigenvalue weighted by molar-refractivity contribution is 0.0494. The molecule has 8 heteroatoms. The summed E-state index contributed by atoms with van der Waals surface area (Å²) < 4.78 is 15.4. The average molecular weight is 312 g/mol. The van der Waals surface area contributed by atoms with Gasteiger partial charge in [-0.05, 0) is 12.8 Å². The number of carbonyl (C=O) groups excluding carboxylic acids is 1. The molecule has 1 aliphatic heterocycles. The zero-order valence-electron chi connectivity index (χ0n) is 13.2. The van der Waals surface area contributed by atoms with Crippen molar-refractivity contribution in [3.63, 3.8) is 0 Å². The summed E-state index contributed by atoms with van der Waals surface area (Å²) in [5, 5.41) is 6.88. The van der Waals surface area contributed by atoms with Crippen molar-refractivity contribution in [2.75, 3.05) is 40.0 Å². The maximum atomic E-state index is 11.9. The first-order valence-electron chi connectivity index (χ1n) is 7.66. The lowest BCUT2D eigenvalue weighted by Crippen LogP contribution is -2.38. The predicted octanol–water partition coefficient (Wildman–Crippen LogP) is 1.14. The minimum atomic E-state index is -0.0176. The van der Waals surface area contributed by atoms with Crippen LogP contribution in [0, 0.1) is 0 Å². The normalized spacial score (nSPS) is 17.9. The van der Waals surface area contributed by atoms with E-state index in [-0.39, 0.29) is 18.6 Å².